The van der Waals surface area contributed by atoms with Crippen LogP contribution in [-0.2, 0) is 9.84 Å². The molecule has 0 unspecified atom stereocenters. The van der Waals surface area contributed by atoms with Crippen molar-refractivity contribution < 1.29 is 35.2 Å². The molecule has 1 heterocycles. The maximum Gasteiger partial charge on any atom is 0.413 e. The maximum atomic E-state index is 13.6. The molecule has 2 atom stereocenters. The Bertz CT molecular complexity index is 731. The van der Waals surface area contributed by atoms with Crippen molar-refractivity contribution in [3.8, 4) is 0 Å². The van der Waals surface area contributed by atoms with E-state index in [0.29, 0.717) is 12.1 Å². The summed E-state index contributed by atoms with van der Waals surface area (Å²) >= 11 is 0. The van der Waals surface area contributed by atoms with Gasteiger partial charge in [0.2, 0.25) is 0 Å². The molecule has 0 spiro atoms. The minimum atomic E-state index is -5.13. The number of rotatable bonds is 4. The number of carbonyl (C=O) groups excluding carboxylic acids is 1. The number of carbonyl (C=O) groups is 1. The van der Waals surface area contributed by atoms with Crippen LogP contribution in [-0.4, -0.2) is 38.7 Å². The number of sulfone groups is 1. The van der Waals surface area contributed by atoms with Gasteiger partial charge in [-0.05, 0) is 24.5 Å². The van der Waals surface area contributed by atoms with Crippen LogP contribution in [0.2, 0.25) is 0 Å². The molecular formula is C14H15F5N2O3S. The average molecular weight is 386 g/mol. The molecule has 0 aliphatic carbocycles. The lowest BCUT2D eigenvalue weighted by Crippen LogP contribution is -2.45. The predicted molar refractivity (Wildman–Crippen MR) is 78.4 cm³/mol. The van der Waals surface area contributed by atoms with E-state index in [4.69, 9.17) is 0 Å². The van der Waals surface area contributed by atoms with E-state index in [9.17, 15) is 35.2 Å². The Morgan fingerprint density at radius 3 is 2.32 bits per heavy atom. The molecule has 0 saturated carbocycles. The summed E-state index contributed by atoms with van der Waals surface area (Å²) in [5.74, 6) is -3.51. The highest BCUT2D eigenvalue weighted by Crippen LogP contribution is 2.35. The molecule has 2 amide bonds. The van der Waals surface area contributed by atoms with Crippen molar-refractivity contribution in [3.05, 3.63) is 35.4 Å². The molecule has 0 bridgehead atoms. The molecule has 1 aromatic rings. The largest absolute Gasteiger partial charge is 0.413 e. The first-order chi connectivity index (χ1) is 11.5. The summed E-state index contributed by atoms with van der Waals surface area (Å²) in [7, 11) is -3.19. The Kier molecular flexibility index (Phi) is 5.55. The van der Waals surface area contributed by atoms with Crippen molar-refractivity contribution in [2.75, 3.05) is 18.1 Å². The summed E-state index contributed by atoms with van der Waals surface area (Å²) in [6.07, 6.45) is -4.84. The number of amides is 2. The first kappa shape index (κ1) is 19.4. The molecule has 1 saturated heterocycles. The molecule has 140 valence electrons. The lowest BCUT2D eigenvalue weighted by Gasteiger charge is -2.23. The number of hydrogen-bond donors (Lipinski definition) is 2. The van der Waals surface area contributed by atoms with Gasteiger partial charge >= 0.3 is 12.2 Å². The first-order valence-electron chi connectivity index (χ1n) is 7.25. The van der Waals surface area contributed by atoms with Crippen molar-refractivity contribution in [1.82, 2.24) is 10.6 Å². The van der Waals surface area contributed by atoms with Crippen molar-refractivity contribution in [3.63, 3.8) is 0 Å². The number of alkyl halides is 3. The topological polar surface area (TPSA) is 75.3 Å². The third kappa shape index (κ3) is 5.03. The van der Waals surface area contributed by atoms with E-state index in [0.717, 1.165) is 6.07 Å². The second-order valence-electron chi connectivity index (χ2n) is 5.73. The van der Waals surface area contributed by atoms with Crippen LogP contribution in [0.3, 0.4) is 0 Å². The van der Waals surface area contributed by atoms with E-state index >= 15 is 0 Å². The second kappa shape index (κ2) is 7.14. The number of urea groups is 1. The Morgan fingerprint density at radius 1 is 1.24 bits per heavy atom. The highest BCUT2D eigenvalue weighted by atomic mass is 32.2. The van der Waals surface area contributed by atoms with E-state index in [-0.39, 0.29) is 24.5 Å². The third-order valence-electron chi connectivity index (χ3n) is 3.77. The molecule has 1 aliphatic rings. The molecular weight excluding hydrogens is 371 g/mol. The number of nitrogens with one attached hydrogen (secondary N) is 2. The van der Waals surface area contributed by atoms with Crippen molar-refractivity contribution in [1.29, 1.82) is 0 Å². The summed E-state index contributed by atoms with van der Waals surface area (Å²) in [6, 6.07) is -1.96. The van der Waals surface area contributed by atoms with Gasteiger partial charge in [0.25, 0.3) is 0 Å². The minimum absolute atomic E-state index is 0.0490. The van der Waals surface area contributed by atoms with Crippen LogP contribution in [0.4, 0.5) is 26.7 Å². The highest BCUT2D eigenvalue weighted by molar-refractivity contribution is 7.91. The van der Waals surface area contributed by atoms with Gasteiger partial charge in [-0.2, -0.15) is 13.2 Å². The molecule has 1 fully saturated rings. The minimum Gasteiger partial charge on any atom is -0.338 e. The summed E-state index contributed by atoms with van der Waals surface area (Å²) in [6.45, 7) is -0.157. The monoisotopic (exact) mass is 386 g/mol. The summed E-state index contributed by atoms with van der Waals surface area (Å²) < 4.78 is 89.2. The Hall–Kier alpha value is -1.91. The fourth-order valence-corrected chi connectivity index (χ4v) is 4.42. The van der Waals surface area contributed by atoms with Crippen LogP contribution in [0.1, 0.15) is 18.0 Å². The van der Waals surface area contributed by atoms with Gasteiger partial charge in [-0.25, -0.2) is 22.0 Å². The van der Waals surface area contributed by atoms with Gasteiger partial charge in [0.05, 0.1) is 17.1 Å². The molecule has 2 rings (SSSR count). The van der Waals surface area contributed by atoms with Crippen molar-refractivity contribution in [2.24, 2.45) is 5.92 Å². The zero-order chi connectivity index (χ0) is 18.8. The van der Waals surface area contributed by atoms with Gasteiger partial charge in [-0.15, -0.1) is 0 Å². The fraction of sp³-hybridized carbons (Fsp3) is 0.500. The smallest absolute Gasteiger partial charge is 0.338 e. The van der Waals surface area contributed by atoms with Gasteiger partial charge in [-0.1, -0.05) is 6.07 Å². The van der Waals surface area contributed by atoms with Gasteiger partial charge in [-0.3, -0.25) is 0 Å². The van der Waals surface area contributed by atoms with Crippen molar-refractivity contribution in [2.45, 2.75) is 18.6 Å². The van der Waals surface area contributed by atoms with E-state index in [1.807, 2.05) is 0 Å². The summed E-state index contributed by atoms with van der Waals surface area (Å²) in [4.78, 5) is 11.7. The maximum absolute atomic E-state index is 13.6. The molecule has 5 nitrogen and oxygen atoms in total. The quantitative estimate of drug-likeness (QED) is 0.780. The number of halogens is 5. The lowest BCUT2D eigenvalue weighted by atomic mass is 10.1. The second-order valence-corrected chi connectivity index (χ2v) is 7.96. The highest BCUT2D eigenvalue weighted by Gasteiger charge is 2.45. The lowest BCUT2D eigenvalue weighted by molar-refractivity contribution is -0.156. The first-order valence-corrected chi connectivity index (χ1v) is 9.07. The predicted octanol–water partition coefficient (Wildman–Crippen LogP) is 2.30. The fourth-order valence-electron chi connectivity index (χ4n) is 2.56. The van der Waals surface area contributed by atoms with Crippen LogP contribution < -0.4 is 10.6 Å². The molecule has 2 N–H and O–H groups in total. The number of hydrogen-bond acceptors (Lipinski definition) is 3. The average Bonchev–Trinajstić information content (AvgIpc) is 2.82. The standard InChI is InChI=1S/C14H15F5N2O3S/c15-9-2-1-3-10(16)11(9)12(14(17,18)19)21-13(22)20-6-8-4-5-25(23,24)7-8/h1-3,8,12H,4-7H2,(H2,20,21,22)/t8-,12-/m1/s1. The van der Waals surface area contributed by atoms with Crippen LogP contribution in [0, 0.1) is 17.6 Å². The van der Waals surface area contributed by atoms with Gasteiger partial charge in [0.1, 0.15) is 11.6 Å². The van der Waals surface area contributed by atoms with E-state index in [1.165, 1.54) is 5.32 Å². The molecule has 1 aromatic carbocycles. The van der Waals surface area contributed by atoms with Crippen molar-refractivity contribution >= 4 is 15.9 Å². The van der Waals surface area contributed by atoms with Crippen LogP contribution in [0.5, 0.6) is 0 Å². The number of benzene rings is 1. The molecule has 0 aromatic heterocycles. The molecule has 25 heavy (non-hydrogen) atoms. The summed E-state index contributed by atoms with van der Waals surface area (Å²) in [5, 5.41) is 3.61. The summed E-state index contributed by atoms with van der Waals surface area (Å²) in [5.41, 5.74) is -1.31. The Balaban J connectivity index is 2.07. The van der Waals surface area contributed by atoms with Crippen LogP contribution >= 0.6 is 0 Å². The molecule has 0 radical (unpaired) electrons. The molecule has 1 aliphatic heterocycles. The van der Waals surface area contributed by atoms with E-state index < -0.39 is 51.2 Å². The zero-order valence-corrected chi connectivity index (χ0v) is 13.6. The van der Waals surface area contributed by atoms with E-state index in [2.05, 4.69) is 5.32 Å². The van der Waals surface area contributed by atoms with Crippen LogP contribution in [0.15, 0.2) is 18.2 Å². The Morgan fingerprint density at radius 2 is 1.84 bits per heavy atom. The SMILES string of the molecule is O=C(NC[C@H]1CCS(=O)(=O)C1)N[C@H](c1c(F)cccc1F)C(F)(F)F. The van der Waals surface area contributed by atoms with E-state index in [1.54, 1.807) is 0 Å². The van der Waals surface area contributed by atoms with Crippen LogP contribution in [0.25, 0.3) is 0 Å². The van der Waals surface area contributed by atoms with Gasteiger partial charge in [0.15, 0.2) is 15.9 Å². The zero-order valence-electron chi connectivity index (χ0n) is 12.7. The molecule has 11 heteroatoms. The normalized spacial score (nSPS) is 20.9. The van der Waals surface area contributed by atoms with Gasteiger partial charge < -0.3 is 10.6 Å². The third-order valence-corrected chi connectivity index (χ3v) is 5.61. The Labute approximate surface area is 140 Å². The van der Waals surface area contributed by atoms with Gasteiger partial charge in [0, 0.05) is 6.54 Å².